The minimum Gasteiger partial charge on any atom is -0.468 e. The highest BCUT2D eigenvalue weighted by atomic mass is 19.1. The third-order valence-corrected chi connectivity index (χ3v) is 3.14. The first-order chi connectivity index (χ1) is 8.69. The Morgan fingerprint density at radius 2 is 1.83 bits per heavy atom. The van der Waals surface area contributed by atoms with Crippen LogP contribution in [0, 0.1) is 5.82 Å². The number of anilines is 1. The van der Waals surface area contributed by atoms with Crippen molar-refractivity contribution in [1.82, 2.24) is 4.90 Å². The van der Waals surface area contributed by atoms with Gasteiger partial charge in [-0.3, -0.25) is 9.69 Å². The summed E-state index contributed by atoms with van der Waals surface area (Å²) < 4.78 is 17.5. The molecule has 0 spiro atoms. The molecule has 1 aromatic rings. The molecular formula is C13H17FN2O2. The molecule has 5 heteroatoms. The average molecular weight is 252 g/mol. The van der Waals surface area contributed by atoms with Gasteiger partial charge in [0.15, 0.2) is 0 Å². The van der Waals surface area contributed by atoms with Gasteiger partial charge in [-0.1, -0.05) is 0 Å². The van der Waals surface area contributed by atoms with Gasteiger partial charge in [-0.2, -0.15) is 0 Å². The van der Waals surface area contributed by atoms with Crippen LogP contribution in [0.3, 0.4) is 0 Å². The van der Waals surface area contributed by atoms with E-state index in [0.717, 1.165) is 31.9 Å². The Kier molecular flexibility index (Phi) is 4.15. The Labute approximate surface area is 106 Å². The molecule has 0 amide bonds. The molecule has 1 aliphatic heterocycles. The molecule has 1 saturated heterocycles. The zero-order valence-electron chi connectivity index (χ0n) is 10.4. The second-order valence-corrected chi connectivity index (χ2v) is 4.32. The summed E-state index contributed by atoms with van der Waals surface area (Å²) in [5.41, 5.74) is 1.02. The molecule has 98 valence electrons. The van der Waals surface area contributed by atoms with Crippen LogP contribution in [0.2, 0.25) is 0 Å². The summed E-state index contributed by atoms with van der Waals surface area (Å²) in [6.45, 7) is 3.64. The van der Waals surface area contributed by atoms with Crippen LogP contribution in [0.1, 0.15) is 0 Å². The predicted molar refractivity (Wildman–Crippen MR) is 67.1 cm³/mol. The lowest BCUT2D eigenvalue weighted by Gasteiger charge is -2.35. The summed E-state index contributed by atoms with van der Waals surface area (Å²) in [5, 5.41) is 0. The first kappa shape index (κ1) is 12.8. The Morgan fingerprint density at radius 1 is 1.22 bits per heavy atom. The van der Waals surface area contributed by atoms with Crippen molar-refractivity contribution in [1.29, 1.82) is 0 Å². The van der Waals surface area contributed by atoms with Crippen LogP contribution in [0.5, 0.6) is 0 Å². The molecule has 4 nitrogen and oxygen atoms in total. The standard InChI is InChI=1S/C13H17FN2O2/c1-18-13(17)10-15-6-8-16(9-7-15)12-4-2-11(14)3-5-12/h2-5H,6-10H2,1H3. The van der Waals surface area contributed by atoms with E-state index in [1.54, 1.807) is 12.1 Å². The zero-order valence-corrected chi connectivity index (χ0v) is 10.4. The minimum absolute atomic E-state index is 0.203. The highest BCUT2D eigenvalue weighted by Crippen LogP contribution is 2.16. The van der Waals surface area contributed by atoms with Gasteiger partial charge in [0, 0.05) is 31.9 Å². The van der Waals surface area contributed by atoms with Crippen LogP contribution in [0.4, 0.5) is 10.1 Å². The normalized spacial score (nSPS) is 16.7. The summed E-state index contributed by atoms with van der Waals surface area (Å²) in [6, 6.07) is 6.50. The van der Waals surface area contributed by atoms with Crippen molar-refractivity contribution in [3.05, 3.63) is 30.1 Å². The van der Waals surface area contributed by atoms with Gasteiger partial charge in [0.1, 0.15) is 5.82 Å². The molecule has 0 bridgehead atoms. The summed E-state index contributed by atoms with van der Waals surface area (Å²) >= 11 is 0. The smallest absolute Gasteiger partial charge is 0.319 e. The van der Waals surface area contributed by atoms with Crippen LogP contribution < -0.4 is 4.90 Å². The van der Waals surface area contributed by atoms with Crippen LogP contribution in [0.15, 0.2) is 24.3 Å². The molecule has 0 aliphatic carbocycles. The number of esters is 1. The Morgan fingerprint density at radius 3 is 2.39 bits per heavy atom. The van der Waals surface area contributed by atoms with Gasteiger partial charge in [-0.25, -0.2) is 4.39 Å². The number of methoxy groups -OCH3 is 1. The molecule has 1 aromatic carbocycles. The van der Waals surface area contributed by atoms with E-state index in [1.807, 2.05) is 0 Å². The van der Waals surface area contributed by atoms with Crippen LogP contribution in [-0.4, -0.2) is 50.7 Å². The van der Waals surface area contributed by atoms with E-state index in [4.69, 9.17) is 0 Å². The van der Waals surface area contributed by atoms with E-state index >= 15 is 0 Å². The van der Waals surface area contributed by atoms with E-state index in [0.29, 0.717) is 6.54 Å². The van der Waals surface area contributed by atoms with Gasteiger partial charge in [0.2, 0.25) is 0 Å². The van der Waals surface area contributed by atoms with Crippen molar-refractivity contribution in [3.63, 3.8) is 0 Å². The molecule has 0 radical (unpaired) electrons. The molecule has 0 N–H and O–H groups in total. The molecule has 1 heterocycles. The zero-order chi connectivity index (χ0) is 13.0. The third kappa shape index (κ3) is 3.20. The van der Waals surface area contributed by atoms with Gasteiger partial charge >= 0.3 is 5.97 Å². The van der Waals surface area contributed by atoms with Crippen molar-refractivity contribution in [2.45, 2.75) is 0 Å². The van der Waals surface area contributed by atoms with Crippen molar-refractivity contribution in [2.75, 3.05) is 44.7 Å². The summed E-state index contributed by atoms with van der Waals surface area (Å²) in [5.74, 6) is -0.423. The first-order valence-corrected chi connectivity index (χ1v) is 5.99. The molecule has 18 heavy (non-hydrogen) atoms. The lowest BCUT2D eigenvalue weighted by molar-refractivity contribution is -0.142. The number of hydrogen-bond acceptors (Lipinski definition) is 4. The van der Waals surface area contributed by atoms with E-state index < -0.39 is 0 Å². The van der Waals surface area contributed by atoms with E-state index in [1.165, 1.54) is 19.2 Å². The van der Waals surface area contributed by atoms with E-state index in [2.05, 4.69) is 14.5 Å². The number of carbonyl (C=O) groups excluding carboxylic acids is 1. The maximum absolute atomic E-state index is 12.8. The number of hydrogen-bond donors (Lipinski definition) is 0. The van der Waals surface area contributed by atoms with Crippen molar-refractivity contribution >= 4 is 11.7 Å². The van der Waals surface area contributed by atoms with Crippen LogP contribution >= 0.6 is 0 Å². The molecular weight excluding hydrogens is 235 g/mol. The van der Waals surface area contributed by atoms with Crippen LogP contribution in [-0.2, 0) is 9.53 Å². The molecule has 0 aromatic heterocycles. The number of benzene rings is 1. The quantitative estimate of drug-likeness (QED) is 0.755. The van der Waals surface area contributed by atoms with Gasteiger partial charge in [0.25, 0.3) is 0 Å². The molecule has 0 unspecified atom stereocenters. The number of carbonyl (C=O) groups is 1. The SMILES string of the molecule is COC(=O)CN1CCN(c2ccc(F)cc2)CC1. The molecule has 1 fully saturated rings. The maximum atomic E-state index is 12.8. The second kappa shape index (κ2) is 5.82. The largest absolute Gasteiger partial charge is 0.468 e. The number of ether oxygens (including phenoxy) is 1. The van der Waals surface area contributed by atoms with Crippen molar-refractivity contribution in [2.24, 2.45) is 0 Å². The molecule has 2 rings (SSSR count). The van der Waals surface area contributed by atoms with Crippen LogP contribution in [0.25, 0.3) is 0 Å². The fraction of sp³-hybridized carbons (Fsp3) is 0.462. The second-order valence-electron chi connectivity index (χ2n) is 4.32. The summed E-state index contributed by atoms with van der Waals surface area (Å²) in [6.07, 6.45) is 0. The molecule has 1 aliphatic rings. The first-order valence-electron chi connectivity index (χ1n) is 5.99. The van der Waals surface area contributed by atoms with Crippen molar-refractivity contribution < 1.29 is 13.9 Å². The third-order valence-electron chi connectivity index (χ3n) is 3.14. The number of nitrogens with zero attached hydrogens (tertiary/aromatic N) is 2. The monoisotopic (exact) mass is 252 g/mol. The summed E-state index contributed by atoms with van der Waals surface area (Å²) in [7, 11) is 1.40. The predicted octanol–water partition coefficient (Wildman–Crippen LogP) is 1.12. The van der Waals surface area contributed by atoms with E-state index in [-0.39, 0.29) is 11.8 Å². The molecule has 0 saturated carbocycles. The number of rotatable bonds is 3. The Bertz CT molecular complexity index is 400. The number of piperazine rings is 1. The van der Waals surface area contributed by atoms with Gasteiger partial charge in [-0.15, -0.1) is 0 Å². The summed E-state index contributed by atoms with van der Waals surface area (Å²) in [4.78, 5) is 15.4. The topological polar surface area (TPSA) is 32.8 Å². The van der Waals surface area contributed by atoms with E-state index in [9.17, 15) is 9.18 Å². The van der Waals surface area contributed by atoms with Gasteiger partial charge in [-0.05, 0) is 24.3 Å². The lowest BCUT2D eigenvalue weighted by atomic mass is 10.2. The molecule has 0 atom stereocenters. The lowest BCUT2D eigenvalue weighted by Crippen LogP contribution is -2.48. The van der Waals surface area contributed by atoms with Gasteiger partial charge < -0.3 is 9.64 Å². The van der Waals surface area contributed by atoms with Gasteiger partial charge in [0.05, 0.1) is 13.7 Å². The minimum atomic E-state index is -0.219. The Balaban J connectivity index is 1.86. The fourth-order valence-electron chi connectivity index (χ4n) is 2.06. The highest BCUT2D eigenvalue weighted by molar-refractivity contribution is 5.71. The number of halogens is 1. The average Bonchev–Trinajstić information content (AvgIpc) is 2.40. The highest BCUT2D eigenvalue weighted by Gasteiger charge is 2.19. The fourth-order valence-corrected chi connectivity index (χ4v) is 2.06. The maximum Gasteiger partial charge on any atom is 0.319 e. The Hall–Kier alpha value is -1.62. The van der Waals surface area contributed by atoms with Crippen molar-refractivity contribution in [3.8, 4) is 0 Å².